The van der Waals surface area contributed by atoms with Gasteiger partial charge in [0.05, 0.1) is 12.2 Å². The SMILES string of the molecule is CCOC(=O)c1ccc(NC(=O)[C@H](C)NC(=O)[C@](N)(Cl)C(C)(C)C)cc1. The lowest BCUT2D eigenvalue weighted by Gasteiger charge is -2.35. The number of benzene rings is 1. The van der Waals surface area contributed by atoms with E-state index in [0.717, 1.165) is 0 Å². The number of nitrogens with one attached hydrogen (secondary N) is 2. The van der Waals surface area contributed by atoms with E-state index < -0.39 is 34.2 Å². The van der Waals surface area contributed by atoms with Crippen molar-refractivity contribution in [3.05, 3.63) is 29.8 Å². The number of amides is 2. The zero-order chi connectivity index (χ0) is 20.1. The minimum absolute atomic E-state index is 0.284. The Hall–Kier alpha value is -2.12. The number of rotatable bonds is 6. The molecule has 8 heteroatoms. The first-order valence-electron chi connectivity index (χ1n) is 8.27. The third-order valence-corrected chi connectivity index (χ3v) is 4.56. The highest BCUT2D eigenvalue weighted by Gasteiger charge is 2.44. The van der Waals surface area contributed by atoms with Crippen LogP contribution in [0.4, 0.5) is 5.69 Å². The largest absolute Gasteiger partial charge is 0.462 e. The van der Waals surface area contributed by atoms with Crippen molar-refractivity contribution in [3.63, 3.8) is 0 Å². The van der Waals surface area contributed by atoms with Crippen molar-refractivity contribution in [2.24, 2.45) is 11.1 Å². The van der Waals surface area contributed by atoms with Gasteiger partial charge in [0, 0.05) is 11.1 Å². The van der Waals surface area contributed by atoms with E-state index in [9.17, 15) is 14.4 Å². The second-order valence-corrected chi connectivity index (χ2v) is 7.54. The highest BCUT2D eigenvalue weighted by Crippen LogP contribution is 2.31. The molecule has 0 aliphatic heterocycles. The maximum absolute atomic E-state index is 12.3. The molecule has 144 valence electrons. The second-order valence-electron chi connectivity index (χ2n) is 6.94. The molecule has 1 aromatic rings. The van der Waals surface area contributed by atoms with Gasteiger partial charge in [0.2, 0.25) is 5.91 Å². The number of halogens is 1. The van der Waals surface area contributed by atoms with Gasteiger partial charge in [-0.1, -0.05) is 32.4 Å². The molecule has 0 aliphatic carbocycles. The molecule has 0 spiro atoms. The monoisotopic (exact) mass is 383 g/mol. The summed E-state index contributed by atoms with van der Waals surface area (Å²) >= 11 is 6.13. The van der Waals surface area contributed by atoms with Gasteiger partial charge in [-0.2, -0.15) is 0 Å². The number of hydrogen-bond acceptors (Lipinski definition) is 5. The van der Waals surface area contributed by atoms with Crippen LogP contribution in [0.15, 0.2) is 24.3 Å². The first kappa shape index (κ1) is 21.9. The summed E-state index contributed by atoms with van der Waals surface area (Å²) in [7, 11) is 0. The first-order valence-corrected chi connectivity index (χ1v) is 8.64. The minimum atomic E-state index is -1.65. The number of hydrogen-bond donors (Lipinski definition) is 3. The summed E-state index contributed by atoms with van der Waals surface area (Å²) < 4.78 is 4.89. The van der Waals surface area contributed by atoms with Gasteiger partial charge < -0.3 is 21.1 Å². The van der Waals surface area contributed by atoms with E-state index in [1.807, 2.05) is 0 Å². The Labute approximate surface area is 158 Å². The summed E-state index contributed by atoms with van der Waals surface area (Å²) in [5.41, 5.74) is 6.05. The lowest BCUT2D eigenvalue weighted by atomic mass is 9.86. The molecule has 1 aromatic carbocycles. The average molecular weight is 384 g/mol. The van der Waals surface area contributed by atoms with Crippen molar-refractivity contribution in [2.45, 2.75) is 45.7 Å². The topological polar surface area (TPSA) is 111 Å². The quantitative estimate of drug-likeness (QED) is 0.396. The zero-order valence-electron chi connectivity index (χ0n) is 15.7. The van der Waals surface area contributed by atoms with E-state index in [-0.39, 0.29) is 6.61 Å². The second kappa shape index (κ2) is 8.51. The highest BCUT2D eigenvalue weighted by atomic mass is 35.5. The third-order valence-electron chi connectivity index (χ3n) is 3.83. The molecule has 0 aliphatic rings. The molecule has 0 fully saturated rings. The van der Waals surface area contributed by atoms with Crippen LogP contribution in [0.25, 0.3) is 0 Å². The van der Waals surface area contributed by atoms with Crippen LogP contribution in [0, 0.1) is 5.41 Å². The van der Waals surface area contributed by atoms with Crippen LogP contribution in [0.2, 0.25) is 0 Å². The molecular weight excluding hydrogens is 358 g/mol. The van der Waals surface area contributed by atoms with Gasteiger partial charge in [-0.15, -0.1) is 0 Å². The number of anilines is 1. The highest BCUT2D eigenvalue weighted by molar-refractivity contribution is 6.35. The zero-order valence-corrected chi connectivity index (χ0v) is 16.4. The van der Waals surface area contributed by atoms with Crippen molar-refractivity contribution in [1.29, 1.82) is 0 Å². The van der Waals surface area contributed by atoms with Crippen LogP contribution >= 0.6 is 11.6 Å². The molecule has 2 amide bonds. The Kier molecular flexibility index (Phi) is 7.17. The maximum atomic E-state index is 12.3. The summed E-state index contributed by atoms with van der Waals surface area (Å²) in [5.74, 6) is -1.51. The van der Waals surface area contributed by atoms with Crippen molar-refractivity contribution in [2.75, 3.05) is 11.9 Å². The Morgan fingerprint density at radius 3 is 2.19 bits per heavy atom. The fraction of sp³-hybridized carbons (Fsp3) is 0.500. The number of ether oxygens (including phenoxy) is 1. The van der Waals surface area contributed by atoms with Crippen LogP contribution in [0.1, 0.15) is 45.0 Å². The van der Waals surface area contributed by atoms with Gasteiger partial charge in [-0.3, -0.25) is 9.59 Å². The predicted octanol–water partition coefficient (Wildman–Crippen LogP) is 2.25. The molecule has 0 aromatic heterocycles. The molecule has 1 rings (SSSR count). The molecule has 2 atom stereocenters. The van der Waals surface area contributed by atoms with Gasteiger partial charge >= 0.3 is 5.97 Å². The Morgan fingerprint density at radius 2 is 1.73 bits per heavy atom. The first-order chi connectivity index (χ1) is 11.9. The van der Waals surface area contributed by atoms with Crippen LogP contribution in [0.5, 0.6) is 0 Å². The van der Waals surface area contributed by atoms with E-state index in [0.29, 0.717) is 11.3 Å². The van der Waals surface area contributed by atoms with E-state index >= 15 is 0 Å². The average Bonchev–Trinajstić information content (AvgIpc) is 2.54. The fourth-order valence-electron chi connectivity index (χ4n) is 1.86. The van der Waals surface area contributed by atoms with Crippen LogP contribution in [-0.4, -0.2) is 35.4 Å². The van der Waals surface area contributed by atoms with Crippen molar-refractivity contribution in [3.8, 4) is 0 Å². The normalized spacial score (nSPS) is 14.7. The van der Waals surface area contributed by atoms with Gasteiger partial charge in [-0.25, -0.2) is 4.79 Å². The van der Waals surface area contributed by atoms with E-state index in [1.54, 1.807) is 52.0 Å². The Morgan fingerprint density at radius 1 is 1.19 bits per heavy atom. The van der Waals surface area contributed by atoms with Crippen molar-refractivity contribution < 1.29 is 19.1 Å². The Balaban J connectivity index is 2.70. The summed E-state index contributed by atoms with van der Waals surface area (Å²) in [4.78, 5) is 34.5. The smallest absolute Gasteiger partial charge is 0.338 e. The molecule has 0 unspecified atom stereocenters. The summed E-state index contributed by atoms with van der Waals surface area (Å²) in [6, 6.07) is 5.38. The number of esters is 1. The van der Waals surface area contributed by atoms with Gasteiger partial charge in [-0.05, 0) is 38.1 Å². The molecule has 0 heterocycles. The molecule has 7 nitrogen and oxygen atoms in total. The van der Waals surface area contributed by atoms with Gasteiger partial charge in [0.1, 0.15) is 6.04 Å². The standard InChI is InChI=1S/C18H26ClN3O4/c1-6-26-15(24)12-7-9-13(10-8-12)22-14(23)11(2)21-16(25)18(19,20)17(3,4)5/h7-11H,6,20H2,1-5H3,(H,21,25)(H,22,23)/t11-,18+/m0/s1. The molecule has 0 saturated carbocycles. The Bertz CT molecular complexity index is 666. The lowest BCUT2D eigenvalue weighted by molar-refractivity contribution is -0.130. The van der Waals surface area contributed by atoms with E-state index in [1.165, 1.54) is 6.92 Å². The summed E-state index contributed by atoms with van der Waals surface area (Å²) in [6.07, 6.45) is 0. The van der Waals surface area contributed by atoms with Crippen LogP contribution in [0.3, 0.4) is 0 Å². The molecule has 0 saturated heterocycles. The molecular formula is C18H26ClN3O4. The maximum Gasteiger partial charge on any atom is 0.338 e. The number of alkyl halides is 1. The van der Waals surface area contributed by atoms with Crippen LogP contribution < -0.4 is 16.4 Å². The van der Waals surface area contributed by atoms with Gasteiger partial charge in [0.25, 0.3) is 5.91 Å². The number of nitrogens with two attached hydrogens (primary N) is 1. The van der Waals surface area contributed by atoms with Crippen molar-refractivity contribution in [1.82, 2.24) is 5.32 Å². The van der Waals surface area contributed by atoms with Crippen molar-refractivity contribution >= 4 is 35.1 Å². The molecule has 4 N–H and O–H groups in total. The number of carbonyl (C=O) groups is 3. The van der Waals surface area contributed by atoms with Gasteiger partial charge in [0.15, 0.2) is 5.00 Å². The van der Waals surface area contributed by atoms with Crippen LogP contribution in [-0.2, 0) is 14.3 Å². The summed E-state index contributed by atoms with van der Waals surface area (Å²) in [5, 5.41) is 5.16. The molecule has 26 heavy (non-hydrogen) atoms. The third kappa shape index (κ3) is 5.44. The fourth-order valence-corrected chi connectivity index (χ4v) is 1.92. The van der Waals surface area contributed by atoms with E-state index in [4.69, 9.17) is 22.1 Å². The molecule has 0 bridgehead atoms. The van der Waals surface area contributed by atoms with E-state index in [2.05, 4.69) is 10.6 Å². The minimum Gasteiger partial charge on any atom is -0.462 e. The summed E-state index contributed by atoms with van der Waals surface area (Å²) in [6.45, 7) is 8.72. The molecule has 0 radical (unpaired) electrons. The lowest BCUT2D eigenvalue weighted by Crippen LogP contribution is -2.60. The number of carbonyl (C=O) groups excluding carboxylic acids is 3. The predicted molar refractivity (Wildman–Crippen MR) is 101 cm³/mol.